The molecule has 0 bridgehead atoms. The number of fused-ring (bicyclic) bond motifs is 1. The molecule has 4 rings (SSSR count). The van der Waals surface area contributed by atoms with E-state index in [4.69, 9.17) is 9.72 Å². The van der Waals surface area contributed by atoms with Crippen LogP contribution in [0, 0.1) is 5.82 Å². The Bertz CT molecular complexity index is 854. The number of hydrogen-bond donors (Lipinski definition) is 1. The van der Waals surface area contributed by atoms with Crippen LogP contribution in [0.2, 0.25) is 0 Å². The lowest BCUT2D eigenvalue weighted by Gasteiger charge is -2.31. The van der Waals surface area contributed by atoms with Crippen molar-refractivity contribution in [2.24, 2.45) is 0 Å². The quantitative estimate of drug-likeness (QED) is 0.859. The highest BCUT2D eigenvalue weighted by molar-refractivity contribution is 5.81. The average Bonchev–Trinajstić information content (AvgIpc) is 3.27. The van der Waals surface area contributed by atoms with Gasteiger partial charge in [0.1, 0.15) is 5.82 Å². The minimum atomic E-state index is -0.707. The number of nitrogens with zero attached hydrogens (tertiary/aromatic N) is 3. The molecular formula is C21H25FN4O2. The van der Waals surface area contributed by atoms with E-state index in [1.54, 1.807) is 23.1 Å². The Labute approximate surface area is 164 Å². The first-order chi connectivity index (χ1) is 13.7. The molecule has 1 amide bonds. The number of rotatable bonds is 5. The normalized spacial score (nSPS) is 19.9. The maximum absolute atomic E-state index is 13.9. The average molecular weight is 384 g/mol. The van der Waals surface area contributed by atoms with Crippen molar-refractivity contribution in [3.63, 3.8) is 0 Å². The van der Waals surface area contributed by atoms with E-state index in [1.165, 1.54) is 6.07 Å². The number of ether oxygens (including phenoxy) is 1. The van der Waals surface area contributed by atoms with Crippen LogP contribution in [-0.2, 0) is 17.8 Å². The van der Waals surface area contributed by atoms with Crippen molar-refractivity contribution in [2.45, 2.75) is 51.3 Å². The monoisotopic (exact) mass is 384 g/mol. The minimum absolute atomic E-state index is 0.108. The molecule has 6 nitrogen and oxygen atoms in total. The van der Waals surface area contributed by atoms with Gasteiger partial charge in [0.2, 0.25) is 0 Å². The molecule has 0 saturated carbocycles. The fourth-order valence-electron chi connectivity index (χ4n) is 3.80. The molecule has 2 unspecified atom stereocenters. The first-order valence-corrected chi connectivity index (χ1v) is 9.93. The minimum Gasteiger partial charge on any atom is -0.478 e. The first-order valence-electron chi connectivity index (χ1n) is 9.93. The summed E-state index contributed by atoms with van der Waals surface area (Å²) in [6.07, 6.45) is 4.51. The van der Waals surface area contributed by atoms with Crippen LogP contribution in [0.4, 0.5) is 4.39 Å². The molecule has 0 radical (unpaired) electrons. The zero-order valence-electron chi connectivity index (χ0n) is 16.0. The predicted molar refractivity (Wildman–Crippen MR) is 102 cm³/mol. The third-order valence-corrected chi connectivity index (χ3v) is 5.39. The van der Waals surface area contributed by atoms with Crippen molar-refractivity contribution in [3.05, 3.63) is 53.4 Å². The molecule has 2 aromatic rings. The second kappa shape index (κ2) is 8.22. The van der Waals surface area contributed by atoms with Gasteiger partial charge in [0.25, 0.3) is 5.91 Å². The molecule has 2 aliphatic heterocycles. The third kappa shape index (κ3) is 3.85. The Morgan fingerprint density at radius 2 is 2.29 bits per heavy atom. The molecule has 2 atom stereocenters. The number of benzene rings is 1. The van der Waals surface area contributed by atoms with Gasteiger partial charge >= 0.3 is 0 Å². The Morgan fingerprint density at radius 1 is 1.43 bits per heavy atom. The summed E-state index contributed by atoms with van der Waals surface area (Å²) in [7, 11) is 0. The fourth-order valence-corrected chi connectivity index (χ4v) is 3.80. The lowest BCUT2D eigenvalue weighted by molar-refractivity contribution is -0.140. The van der Waals surface area contributed by atoms with E-state index in [0.717, 1.165) is 36.5 Å². The predicted octanol–water partition coefficient (Wildman–Crippen LogP) is 2.78. The van der Waals surface area contributed by atoms with E-state index in [9.17, 15) is 9.18 Å². The molecule has 1 saturated heterocycles. The fraction of sp³-hybridized carbons (Fsp3) is 0.476. The molecule has 3 heterocycles. The van der Waals surface area contributed by atoms with Crippen molar-refractivity contribution in [3.8, 4) is 5.75 Å². The van der Waals surface area contributed by atoms with E-state index in [0.29, 0.717) is 25.9 Å². The van der Waals surface area contributed by atoms with Gasteiger partial charge in [0, 0.05) is 31.3 Å². The van der Waals surface area contributed by atoms with Gasteiger partial charge in [-0.2, -0.15) is 0 Å². The summed E-state index contributed by atoms with van der Waals surface area (Å²) >= 11 is 0. The van der Waals surface area contributed by atoms with Crippen LogP contribution in [0.5, 0.6) is 5.75 Å². The number of carbonyl (C=O) groups is 1. The standard InChI is InChI=1S/C21H25FN4O2/c1-2-18(28-19-8-4-3-6-15(19)22)21(27)26-11-9-16-14(13-26)12-24-20(25-16)17-7-5-10-23-17/h3-4,6,8,12,17-18,23H,2,5,7,9-11,13H2,1H3. The van der Waals surface area contributed by atoms with Crippen LogP contribution < -0.4 is 10.1 Å². The lowest BCUT2D eigenvalue weighted by atomic mass is 10.1. The highest BCUT2D eigenvalue weighted by Gasteiger charge is 2.30. The van der Waals surface area contributed by atoms with Crippen LogP contribution in [0.1, 0.15) is 49.3 Å². The molecule has 148 valence electrons. The summed E-state index contributed by atoms with van der Waals surface area (Å²) in [6, 6.07) is 6.41. The Kier molecular flexibility index (Phi) is 5.52. The third-order valence-electron chi connectivity index (χ3n) is 5.39. The summed E-state index contributed by atoms with van der Waals surface area (Å²) < 4.78 is 19.6. The number of para-hydroxylation sites is 1. The zero-order valence-corrected chi connectivity index (χ0v) is 16.0. The van der Waals surface area contributed by atoms with Crippen LogP contribution >= 0.6 is 0 Å². The number of halogens is 1. The summed E-state index contributed by atoms with van der Waals surface area (Å²) in [6.45, 7) is 3.92. The van der Waals surface area contributed by atoms with Gasteiger partial charge in [0.15, 0.2) is 17.7 Å². The second-order valence-electron chi connectivity index (χ2n) is 7.30. The SMILES string of the molecule is CCC(Oc1ccccc1F)C(=O)N1CCc2nc(C3CCCN3)ncc2C1. The number of hydrogen-bond acceptors (Lipinski definition) is 5. The van der Waals surface area contributed by atoms with E-state index in [-0.39, 0.29) is 17.7 Å². The molecule has 1 fully saturated rings. The Balaban J connectivity index is 1.45. The second-order valence-corrected chi connectivity index (χ2v) is 7.30. The summed E-state index contributed by atoms with van der Waals surface area (Å²) in [5.74, 6) is 0.375. The molecule has 1 aromatic carbocycles. The first kappa shape index (κ1) is 18.8. The topological polar surface area (TPSA) is 67.3 Å². The van der Waals surface area contributed by atoms with Crippen molar-refractivity contribution in [1.29, 1.82) is 0 Å². The molecule has 1 aromatic heterocycles. The molecule has 2 aliphatic rings. The number of carbonyl (C=O) groups excluding carboxylic acids is 1. The molecule has 7 heteroatoms. The molecule has 0 spiro atoms. The summed E-state index contributed by atoms with van der Waals surface area (Å²) in [5.41, 5.74) is 1.99. The van der Waals surface area contributed by atoms with Gasteiger partial charge < -0.3 is 15.0 Å². The van der Waals surface area contributed by atoms with E-state index in [1.807, 2.05) is 13.1 Å². The maximum Gasteiger partial charge on any atom is 0.263 e. The summed E-state index contributed by atoms with van der Waals surface area (Å²) in [5, 5.41) is 3.42. The number of aromatic nitrogens is 2. The van der Waals surface area contributed by atoms with E-state index >= 15 is 0 Å². The highest BCUT2D eigenvalue weighted by atomic mass is 19.1. The van der Waals surface area contributed by atoms with Crippen LogP contribution in [0.25, 0.3) is 0 Å². The van der Waals surface area contributed by atoms with E-state index in [2.05, 4.69) is 10.3 Å². The van der Waals surface area contributed by atoms with Crippen LogP contribution in [-0.4, -0.2) is 40.0 Å². The molecular weight excluding hydrogens is 359 g/mol. The smallest absolute Gasteiger partial charge is 0.263 e. The number of amides is 1. The van der Waals surface area contributed by atoms with Crippen LogP contribution in [0.15, 0.2) is 30.5 Å². The van der Waals surface area contributed by atoms with Gasteiger partial charge in [-0.05, 0) is 37.9 Å². The molecule has 0 aliphatic carbocycles. The number of nitrogens with one attached hydrogen (secondary N) is 1. The van der Waals surface area contributed by atoms with E-state index < -0.39 is 11.9 Å². The van der Waals surface area contributed by atoms with Crippen molar-refractivity contribution in [2.75, 3.05) is 13.1 Å². The van der Waals surface area contributed by atoms with Gasteiger partial charge in [-0.25, -0.2) is 14.4 Å². The van der Waals surface area contributed by atoms with Crippen molar-refractivity contribution < 1.29 is 13.9 Å². The maximum atomic E-state index is 13.9. The lowest BCUT2D eigenvalue weighted by Crippen LogP contribution is -2.44. The van der Waals surface area contributed by atoms with Gasteiger partial charge in [-0.1, -0.05) is 19.1 Å². The molecule has 28 heavy (non-hydrogen) atoms. The van der Waals surface area contributed by atoms with Gasteiger partial charge in [0.05, 0.1) is 11.7 Å². The Hall–Kier alpha value is -2.54. The van der Waals surface area contributed by atoms with Crippen LogP contribution in [0.3, 0.4) is 0 Å². The van der Waals surface area contributed by atoms with Crippen molar-refractivity contribution in [1.82, 2.24) is 20.2 Å². The highest BCUT2D eigenvalue weighted by Crippen LogP contribution is 2.24. The van der Waals surface area contributed by atoms with Gasteiger partial charge in [-0.15, -0.1) is 0 Å². The largest absolute Gasteiger partial charge is 0.478 e. The zero-order chi connectivity index (χ0) is 19.5. The van der Waals surface area contributed by atoms with Gasteiger partial charge in [-0.3, -0.25) is 4.79 Å². The summed E-state index contributed by atoms with van der Waals surface area (Å²) in [4.78, 5) is 24.0. The molecule has 1 N–H and O–H groups in total. The Morgan fingerprint density at radius 3 is 3.04 bits per heavy atom. The van der Waals surface area contributed by atoms with Crippen molar-refractivity contribution >= 4 is 5.91 Å².